The minimum absolute atomic E-state index is 0.0739. The number of amides is 1. The number of hydrogen-bond acceptors (Lipinski definition) is 4. The lowest BCUT2D eigenvalue weighted by molar-refractivity contribution is -0.132. The Morgan fingerprint density at radius 3 is 2.52 bits per heavy atom. The smallest absolute Gasteiger partial charge is 0.296 e. The van der Waals surface area contributed by atoms with Gasteiger partial charge in [-0.3, -0.25) is 9.59 Å². The number of fused-ring (bicyclic) bond motifs is 1. The fourth-order valence-electron chi connectivity index (χ4n) is 2.20. The predicted octanol–water partition coefficient (Wildman–Crippen LogP) is 3.21. The van der Waals surface area contributed by atoms with E-state index < -0.39 is 11.7 Å². The molecule has 5 nitrogen and oxygen atoms in total. The molecule has 2 N–H and O–H groups in total. The predicted molar refractivity (Wildman–Crippen MR) is 86.6 cm³/mol. The fraction of sp³-hybridized carbons (Fsp3) is 0.0588. The lowest BCUT2D eigenvalue weighted by atomic mass is 10.0. The van der Waals surface area contributed by atoms with Crippen LogP contribution in [0.5, 0.6) is 5.75 Å². The quantitative estimate of drug-likeness (QED) is 0.848. The minimum atomic E-state index is -0.850. The summed E-state index contributed by atoms with van der Waals surface area (Å²) in [5.41, 5.74) is 0.751. The van der Waals surface area contributed by atoms with Gasteiger partial charge in [-0.25, -0.2) is 0 Å². The number of carbonyl (C=O) groups is 2. The second kappa shape index (κ2) is 6.14. The summed E-state index contributed by atoms with van der Waals surface area (Å²) in [6.07, 6.45) is 0. The Morgan fingerprint density at radius 1 is 1.09 bits per heavy atom. The van der Waals surface area contributed by atoms with Gasteiger partial charge >= 0.3 is 0 Å². The molecule has 23 heavy (non-hydrogen) atoms. The van der Waals surface area contributed by atoms with Crippen LogP contribution < -0.4 is 10.1 Å². The maximum atomic E-state index is 12.3. The number of halogens is 1. The molecule has 0 aromatic heterocycles. The van der Waals surface area contributed by atoms with Crippen molar-refractivity contribution in [1.82, 2.24) is 0 Å². The van der Waals surface area contributed by atoms with Crippen LogP contribution >= 0.6 is 11.6 Å². The normalized spacial score (nSPS) is 13.1. The van der Waals surface area contributed by atoms with E-state index in [0.717, 1.165) is 0 Å². The third kappa shape index (κ3) is 3.05. The van der Waals surface area contributed by atoms with Crippen LogP contribution in [-0.2, 0) is 9.59 Å². The van der Waals surface area contributed by atoms with Crippen molar-refractivity contribution in [3.63, 3.8) is 0 Å². The highest BCUT2D eigenvalue weighted by molar-refractivity contribution is 6.47. The van der Waals surface area contributed by atoms with Crippen LogP contribution in [0.15, 0.2) is 54.1 Å². The lowest BCUT2D eigenvalue weighted by Crippen LogP contribution is -2.29. The highest BCUT2D eigenvalue weighted by atomic mass is 35.5. The van der Waals surface area contributed by atoms with E-state index in [0.29, 0.717) is 22.0 Å². The first-order valence-corrected chi connectivity index (χ1v) is 7.19. The third-order valence-electron chi connectivity index (χ3n) is 3.38. The summed E-state index contributed by atoms with van der Waals surface area (Å²) >= 11 is 5.76. The number of Topliss-reactive ketones (excluding diaryl/α,β-unsaturated/α-hetero) is 1. The first-order valence-electron chi connectivity index (χ1n) is 6.82. The monoisotopic (exact) mass is 329 g/mol. The Morgan fingerprint density at radius 2 is 1.78 bits per heavy atom. The Hall–Kier alpha value is -2.79. The van der Waals surface area contributed by atoms with Crippen LogP contribution in [0.3, 0.4) is 0 Å². The lowest BCUT2D eigenvalue weighted by Gasteiger charge is -2.19. The van der Waals surface area contributed by atoms with E-state index in [1.807, 2.05) is 0 Å². The molecule has 2 aromatic rings. The maximum absolute atomic E-state index is 12.3. The molecule has 0 radical (unpaired) electrons. The molecule has 0 fully saturated rings. The molecule has 0 atom stereocenters. The number of benzene rings is 2. The zero-order valence-corrected chi connectivity index (χ0v) is 12.6. The Balaban J connectivity index is 1.83. The second-order valence-corrected chi connectivity index (χ2v) is 5.34. The molecule has 0 aliphatic carbocycles. The van der Waals surface area contributed by atoms with Gasteiger partial charge in [-0.15, -0.1) is 0 Å². The summed E-state index contributed by atoms with van der Waals surface area (Å²) in [5, 5.41) is 13.2. The van der Waals surface area contributed by atoms with Crippen LogP contribution in [0.25, 0.3) is 5.76 Å². The molecule has 0 unspecified atom stereocenters. The van der Waals surface area contributed by atoms with Crippen molar-refractivity contribution in [3.05, 3.63) is 64.7 Å². The standard InChI is InChI=1S/C17H12ClNO4/c18-10-5-7-11(8-6-10)19-17(22)16(21)13-9-23-14-4-2-1-3-12(14)15(13)20/h1-8,20H,9H2,(H,19,22). The largest absolute Gasteiger partial charge is 0.507 e. The van der Waals surface area contributed by atoms with Crippen LogP contribution in [-0.4, -0.2) is 23.4 Å². The van der Waals surface area contributed by atoms with E-state index in [2.05, 4.69) is 5.32 Å². The Labute approximate surface area is 137 Å². The van der Waals surface area contributed by atoms with Gasteiger partial charge in [0.05, 0.1) is 11.1 Å². The molecule has 1 heterocycles. The van der Waals surface area contributed by atoms with Gasteiger partial charge in [0.2, 0.25) is 0 Å². The molecule has 0 bridgehead atoms. The molecule has 0 saturated carbocycles. The summed E-state index contributed by atoms with van der Waals surface area (Å²) in [5.74, 6) is -1.45. The maximum Gasteiger partial charge on any atom is 0.296 e. The summed E-state index contributed by atoms with van der Waals surface area (Å²) in [7, 11) is 0. The highest BCUT2D eigenvalue weighted by Gasteiger charge is 2.28. The number of para-hydroxylation sites is 1. The number of rotatable bonds is 3. The molecule has 1 aliphatic rings. The van der Waals surface area contributed by atoms with Gasteiger partial charge in [0.25, 0.3) is 11.7 Å². The topological polar surface area (TPSA) is 75.6 Å². The zero-order valence-electron chi connectivity index (χ0n) is 11.9. The van der Waals surface area contributed by atoms with E-state index in [1.165, 1.54) is 0 Å². The number of ether oxygens (including phenoxy) is 1. The molecule has 6 heteroatoms. The first-order chi connectivity index (χ1) is 11.1. The molecule has 2 aromatic carbocycles. The van der Waals surface area contributed by atoms with Gasteiger partial charge in [0.1, 0.15) is 18.1 Å². The van der Waals surface area contributed by atoms with Gasteiger partial charge in [0.15, 0.2) is 0 Å². The van der Waals surface area contributed by atoms with Gasteiger partial charge < -0.3 is 15.2 Å². The van der Waals surface area contributed by atoms with E-state index in [1.54, 1.807) is 48.5 Å². The molecule has 0 spiro atoms. The first kappa shape index (κ1) is 15.1. The second-order valence-electron chi connectivity index (χ2n) is 4.90. The number of ketones is 1. The zero-order chi connectivity index (χ0) is 16.4. The average Bonchev–Trinajstić information content (AvgIpc) is 2.57. The van der Waals surface area contributed by atoms with Crippen molar-refractivity contribution >= 4 is 34.7 Å². The van der Waals surface area contributed by atoms with E-state index >= 15 is 0 Å². The molecule has 1 aliphatic heterocycles. The van der Waals surface area contributed by atoms with Gasteiger partial charge in [-0.05, 0) is 36.4 Å². The van der Waals surface area contributed by atoms with Gasteiger partial charge in [-0.1, -0.05) is 23.7 Å². The molecule has 0 saturated heterocycles. The molecule has 3 rings (SSSR count). The SMILES string of the molecule is O=C(Nc1ccc(Cl)cc1)C(=O)C1=C(O)c2ccccc2OC1. The Bertz CT molecular complexity index is 812. The number of aliphatic hydroxyl groups is 1. The van der Waals surface area contributed by atoms with E-state index in [4.69, 9.17) is 16.3 Å². The molecule has 1 amide bonds. The van der Waals surface area contributed by atoms with Crippen molar-refractivity contribution < 1.29 is 19.4 Å². The van der Waals surface area contributed by atoms with E-state index in [9.17, 15) is 14.7 Å². The van der Waals surface area contributed by atoms with Crippen molar-refractivity contribution in [2.75, 3.05) is 11.9 Å². The van der Waals surface area contributed by atoms with Crippen LogP contribution in [0.2, 0.25) is 5.02 Å². The molecular weight excluding hydrogens is 318 g/mol. The molecular formula is C17H12ClNO4. The van der Waals surface area contributed by atoms with E-state index in [-0.39, 0.29) is 17.9 Å². The highest BCUT2D eigenvalue weighted by Crippen LogP contribution is 2.31. The summed E-state index contributed by atoms with van der Waals surface area (Å²) in [6.45, 7) is -0.157. The van der Waals surface area contributed by atoms with Crippen molar-refractivity contribution in [2.24, 2.45) is 0 Å². The average molecular weight is 330 g/mol. The Kier molecular flexibility index (Phi) is 4.04. The number of anilines is 1. The number of carbonyl (C=O) groups excluding carboxylic acids is 2. The molecule has 116 valence electrons. The minimum Gasteiger partial charge on any atom is -0.507 e. The van der Waals surface area contributed by atoms with Gasteiger partial charge in [-0.2, -0.15) is 0 Å². The van der Waals surface area contributed by atoms with Crippen molar-refractivity contribution in [3.8, 4) is 5.75 Å². The fourth-order valence-corrected chi connectivity index (χ4v) is 2.33. The number of hydrogen-bond donors (Lipinski definition) is 2. The van der Waals surface area contributed by atoms with Crippen molar-refractivity contribution in [1.29, 1.82) is 0 Å². The number of nitrogens with one attached hydrogen (secondary N) is 1. The van der Waals surface area contributed by atoms with Crippen molar-refractivity contribution in [2.45, 2.75) is 0 Å². The van der Waals surface area contributed by atoms with Crippen LogP contribution in [0.4, 0.5) is 5.69 Å². The van der Waals surface area contributed by atoms with Crippen LogP contribution in [0.1, 0.15) is 5.56 Å². The number of aliphatic hydroxyl groups excluding tert-OH is 1. The summed E-state index contributed by atoms with van der Waals surface area (Å²) in [6, 6.07) is 13.1. The third-order valence-corrected chi connectivity index (χ3v) is 3.63. The van der Waals surface area contributed by atoms with Crippen LogP contribution in [0, 0.1) is 0 Å². The summed E-state index contributed by atoms with van der Waals surface area (Å²) in [4.78, 5) is 24.3. The summed E-state index contributed by atoms with van der Waals surface area (Å²) < 4.78 is 5.41. The van der Waals surface area contributed by atoms with Gasteiger partial charge in [0, 0.05) is 10.7 Å².